The highest BCUT2D eigenvalue weighted by Crippen LogP contribution is 2.18. The summed E-state index contributed by atoms with van der Waals surface area (Å²) >= 11 is 0. The van der Waals surface area contributed by atoms with Crippen LogP contribution in [0.2, 0.25) is 0 Å². The number of carbonyl (C=O) groups excluding carboxylic acids is 2. The molecule has 2 aromatic carbocycles. The average Bonchev–Trinajstić information content (AvgIpc) is 3.24. The molecule has 2 amide bonds. The second-order valence-electron chi connectivity index (χ2n) is 8.58. The van der Waals surface area contributed by atoms with Gasteiger partial charge in [0.2, 0.25) is 11.8 Å². The molecule has 0 saturated heterocycles. The van der Waals surface area contributed by atoms with Gasteiger partial charge >= 0.3 is 0 Å². The minimum absolute atomic E-state index is 0.00301. The van der Waals surface area contributed by atoms with E-state index >= 15 is 0 Å². The molecular weight excluding hydrogens is 372 g/mol. The van der Waals surface area contributed by atoms with Crippen molar-refractivity contribution in [2.45, 2.75) is 71.4 Å². The topological polar surface area (TPSA) is 49.4 Å². The lowest BCUT2D eigenvalue weighted by Crippen LogP contribution is -2.51. The Labute approximate surface area is 180 Å². The molecule has 160 valence electrons. The quantitative estimate of drug-likeness (QED) is 0.708. The van der Waals surface area contributed by atoms with Crippen molar-refractivity contribution in [3.05, 3.63) is 70.8 Å². The molecule has 4 nitrogen and oxygen atoms in total. The summed E-state index contributed by atoms with van der Waals surface area (Å²) in [6, 6.07) is 16.1. The summed E-state index contributed by atoms with van der Waals surface area (Å²) in [6.07, 6.45) is 5.47. The van der Waals surface area contributed by atoms with Crippen LogP contribution in [-0.4, -0.2) is 35.3 Å². The minimum Gasteiger partial charge on any atom is -0.352 e. The Morgan fingerprint density at radius 1 is 1.00 bits per heavy atom. The van der Waals surface area contributed by atoms with Crippen LogP contribution in [-0.2, 0) is 22.4 Å². The van der Waals surface area contributed by atoms with Gasteiger partial charge in [0.25, 0.3) is 0 Å². The van der Waals surface area contributed by atoms with E-state index in [-0.39, 0.29) is 17.9 Å². The monoisotopic (exact) mass is 406 g/mol. The van der Waals surface area contributed by atoms with Gasteiger partial charge in [0.1, 0.15) is 6.04 Å². The van der Waals surface area contributed by atoms with Crippen molar-refractivity contribution in [1.82, 2.24) is 10.2 Å². The van der Waals surface area contributed by atoms with Crippen LogP contribution < -0.4 is 5.32 Å². The molecule has 4 heteroatoms. The molecule has 3 rings (SSSR count). The van der Waals surface area contributed by atoms with Crippen molar-refractivity contribution in [3.63, 3.8) is 0 Å². The minimum atomic E-state index is -0.478. The summed E-state index contributed by atoms with van der Waals surface area (Å²) in [5.74, 6) is -0.0355. The number of aryl methyl sites for hydroxylation is 2. The van der Waals surface area contributed by atoms with Crippen LogP contribution in [0.1, 0.15) is 54.9 Å². The highest BCUT2D eigenvalue weighted by molar-refractivity contribution is 5.88. The maximum Gasteiger partial charge on any atom is 0.242 e. The van der Waals surface area contributed by atoms with E-state index in [0.717, 1.165) is 24.8 Å². The summed E-state index contributed by atoms with van der Waals surface area (Å²) in [5, 5.41) is 3.16. The molecule has 0 bridgehead atoms. The smallest absolute Gasteiger partial charge is 0.242 e. The molecular formula is C26H34N2O2. The van der Waals surface area contributed by atoms with Gasteiger partial charge in [0.05, 0.1) is 6.42 Å². The van der Waals surface area contributed by atoms with E-state index in [1.807, 2.05) is 31.2 Å². The van der Waals surface area contributed by atoms with Crippen molar-refractivity contribution in [2.75, 3.05) is 6.54 Å². The van der Waals surface area contributed by atoms with E-state index in [1.165, 1.54) is 29.5 Å². The molecule has 1 fully saturated rings. The lowest BCUT2D eigenvalue weighted by molar-refractivity contribution is -0.139. The van der Waals surface area contributed by atoms with Gasteiger partial charge in [0, 0.05) is 12.6 Å². The van der Waals surface area contributed by atoms with Crippen LogP contribution in [0.25, 0.3) is 0 Å². The molecule has 2 aromatic rings. The first-order chi connectivity index (χ1) is 14.4. The van der Waals surface area contributed by atoms with E-state index in [0.29, 0.717) is 13.0 Å². The predicted molar refractivity (Wildman–Crippen MR) is 121 cm³/mol. The molecule has 1 N–H and O–H groups in total. The van der Waals surface area contributed by atoms with Crippen molar-refractivity contribution in [2.24, 2.45) is 0 Å². The highest BCUT2D eigenvalue weighted by atomic mass is 16.2. The summed E-state index contributed by atoms with van der Waals surface area (Å²) in [7, 11) is 0. The van der Waals surface area contributed by atoms with E-state index in [1.54, 1.807) is 4.90 Å². The zero-order chi connectivity index (χ0) is 21.5. The van der Waals surface area contributed by atoms with Crippen LogP contribution in [0.4, 0.5) is 0 Å². The fourth-order valence-corrected chi connectivity index (χ4v) is 4.15. The molecule has 1 atom stereocenters. The molecule has 1 aliphatic rings. The summed E-state index contributed by atoms with van der Waals surface area (Å²) in [5.41, 5.74) is 4.57. The fourth-order valence-electron chi connectivity index (χ4n) is 4.15. The number of rotatable bonds is 8. The number of benzene rings is 2. The van der Waals surface area contributed by atoms with E-state index in [9.17, 15) is 9.59 Å². The van der Waals surface area contributed by atoms with Gasteiger partial charge in [0.15, 0.2) is 0 Å². The van der Waals surface area contributed by atoms with Gasteiger partial charge in [-0.3, -0.25) is 9.59 Å². The Bertz CT molecular complexity index is 857. The summed E-state index contributed by atoms with van der Waals surface area (Å²) < 4.78 is 0. The fraction of sp³-hybridized carbons (Fsp3) is 0.462. The van der Waals surface area contributed by atoms with Gasteiger partial charge in [-0.25, -0.2) is 0 Å². The van der Waals surface area contributed by atoms with Crippen LogP contribution in [0, 0.1) is 13.8 Å². The number of nitrogens with zero attached hydrogens (tertiary/aromatic N) is 1. The van der Waals surface area contributed by atoms with Gasteiger partial charge < -0.3 is 10.2 Å². The third-order valence-electron chi connectivity index (χ3n) is 6.28. The SMILES string of the molecule is Cc1ccc(CC(=O)N(CCc2ccccc2)[C@@H](C)C(=O)NC2CCCC2)cc1C. The van der Waals surface area contributed by atoms with Crippen molar-refractivity contribution < 1.29 is 9.59 Å². The van der Waals surface area contributed by atoms with Gasteiger partial charge in [-0.1, -0.05) is 61.4 Å². The first kappa shape index (κ1) is 22.1. The predicted octanol–water partition coefficient (Wildman–Crippen LogP) is 4.36. The maximum absolute atomic E-state index is 13.3. The van der Waals surface area contributed by atoms with Gasteiger partial charge in [-0.2, -0.15) is 0 Å². The van der Waals surface area contributed by atoms with E-state index in [4.69, 9.17) is 0 Å². The number of hydrogen-bond acceptors (Lipinski definition) is 2. The Hall–Kier alpha value is -2.62. The van der Waals surface area contributed by atoms with Gasteiger partial charge in [-0.15, -0.1) is 0 Å². The third kappa shape index (κ3) is 5.94. The summed E-state index contributed by atoms with van der Waals surface area (Å²) in [6.45, 7) is 6.52. The summed E-state index contributed by atoms with van der Waals surface area (Å²) in [4.78, 5) is 27.9. The molecule has 1 saturated carbocycles. The number of carbonyl (C=O) groups is 2. The first-order valence-corrected chi connectivity index (χ1v) is 11.1. The van der Waals surface area contributed by atoms with E-state index < -0.39 is 6.04 Å². The maximum atomic E-state index is 13.3. The zero-order valence-electron chi connectivity index (χ0n) is 18.5. The molecule has 0 aliphatic heterocycles. The number of hydrogen-bond donors (Lipinski definition) is 1. The van der Waals surface area contributed by atoms with Crippen LogP contribution in [0.15, 0.2) is 48.5 Å². The molecule has 0 radical (unpaired) electrons. The second-order valence-corrected chi connectivity index (χ2v) is 8.58. The largest absolute Gasteiger partial charge is 0.352 e. The number of amides is 2. The molecule has 1 aliphatic carbocycles. The molecule has 0 spiro atoms. The van der Waals surface area contributed by atoms with E-state index in [2.05, 4.69) is 43.4 Å². The normalized spacial score (nSPS) is 15.0. The molecule has 0 aromatic heterocycles. The lowest BCUT2D eigenvalue weighted by atomic mass is 10.0. The average molecular weight is 407 g/mol. The van der Waals surface area contributed by atoms with Crippen molar-refractivity contribution in [3.8, 4) is 0 Å². The standard InChI is InChI=1S/C26H34N2O2/c1-19-13-14-23(17-20(19)2)18-25(29)28(16-15-22-9-5-4-6-10-22)21(3)26(30)27-24-11-7-8-12-24/h4-6,9-10,13-14,17,21,24H,7-8,11-12,15-16,18H2,1-3H3,(H,27,30)/t21-/m0/s1. The highest BCUT2D eigenvalue weighted by Gasteiger charge is 2.28. The van der Waals surface area contributed by atoms with Crippen LogP contribution in [0.3, 0.4) is 0 Å². The van der Waals surface area contributed by atoms with Crippen LogP contribution >= 0.6 is 0 Å². The van der Waals surface area contributed by atoms with Gasteiger partial charge in [-0.05, 0) is 62.3 Å². The van der Waals surface area contributed by atoms with Crippen LogP contribution in [0.5, 0.6) is 0 Å². The molecule has 0 heterocycles. The van der Waals surface area contributed by atoms with Crippen molar-refractivity contribution in [1.29, 1.82) is 0 Å². The Morgan fingerprint density at radius 3 is 2.37 bits per heavy atom. The number of nitrogens with one attached hydrogen (secondary N) is 1. The Kier molecular flexibility index (Phi) is 7.67. The molecule has 0 unspecified atom stereocenters. The second kappa shape index (κ2) is 10.4. The molecule has 30 heavy (non-hydrogen) atoms. The zero-order valence-corrected chi connectivity index (χ0v) is 18.5. The first-order valence-electron chi connectivity index (χ1n) is 11.1. The third-order valence-corrected chi connectivity index (χ3v) is 6.28. The Balaban J connectivity index is 1.71. The van der Waals surface area contributed by atoms with Crippen molar-refractivity contribution >= 4 is 11.8 Å². The lowest BCUT2D eigenvalue weighted by Gasteiger charge is -2.30. The Morgan fingerprint density at radius 2 is 1.70 bits per heavy atom.